The van der Waals surface area contributed by atoms with Crippen molar-refractivity contribution >= 4 is 17.5 Å². The first kappa shape index (κ1) is 14.8. The van der Waals surface area contributed by atoms with Gasteiger partial charge in [0.05, 0.1) is 0 Å². The summed E-state index contributed by atoms with van der Waals surface area (Å²) in [4.78, 5) is 13.7. The summed E-state index contributed by atoms with van der Waals surface area (Å²) in [5.74, 6) is 1.65. The second-order valence-electron chi connectivity index (χ2n) is 6.03. The molecule has 0 saturated carbocycles. The molecule has 116 valence electrons. The summed E-state index contributed by atoms with van der Waals surface area (Å²) in [7, 11) is 2.16. The van der Waals surface area contributed by atoms with Crippen molar-refractivity contribution in [2.45, 2.75) is 13.8 Å². The van der Waals surface area contributed by atoms with Crippen molar-refractivity contribution < 1.29 is 0 Å². The molecular weight excluding hydrogens is 274 g/mol. The average Bonchev–Trinajstić information content (AvgIpc) is 2.47. The van der Waals surface area contributed by atoms with E-state index in [-0.39, 0.29) is 0 Å². The highest BCUT2D eigenvalue weighted by Crippen LogP contribution is 2.19. The van der Waals surface area contributed by atoms with Gasteiger partial charge in [-0.25, -0.2) is 4.98 Å². The van der Waals surface area contributed by atoms with E-state index in [4.69, 9.17) is 0 Å². The van der Waals surface area contributed by atoms with Crippen LogP contribution in [0.5, 0.6) is 0 Å². The molecular formula is C17H23N5. The fourth-order valence-corrected chi connectivity index (χ4v) is 2.80. The SMILES string of the molecule is Cc1cc(C)cc(Nc2nccc(N3CCN(C)CC3)n2)c1. The number of hydrogen-bond acceptors (Lipinski definition) is 5. The summed E-state index contributed by atoms with van der Waals surface area (Å²) in [6, 6.07) is 8.36. The highest BCUT2D eigenvalue weighted by molar-refractivity contribution is 5.57. The second kappa shape index (κ2) is 6.32. The van der Waals surface area contributed by atoms with Gasteiger partial charge in [-0.1, -0.05) is 6.07 Å². The molecule has 1 aromatic heterocycles. The van der Waals surface area contributed by atoms with E-state index in [9.17, 15) is 0 Å². The van der Waals surface area contributed by atoms with Gasteiger partial charge in [-0.2, -0.15) is 4.98 Å². The molecule has 2 aromatic rings. The lowest BCUT2D eigenvalue weighted by Crippen LogP contribution is -2.44. The van der Waals surface area contributed by atoms with Crippen molar-refractivity contribution in [3.8, 4) is 0 Å². The fourth-order valence-electron chi connectivity index (χ4n) is 2.80. The first-order valence-corrected chi connectivity index (χ1v) is 7.72. The van der Waals surface area contributed by atoms with Crippen molar-refractivity contribution in [1.82, 2.24) is 14.9 Å². The Bertz CT molecular complexity index is 627. The number of rotatable bonds is 3. The van der Waals surface area contributed by atoms with E-state index in [0.29, 0.717) is 5.95 Å². The van der Waals surface area contributed by atoms with Crippen LogP contribution in [0.25, 0.3) is 0 Å². The average molecular weight is 297 g/mol. The Morgan fingerprint density at radius 1 is 1.00 bits per heavy atom. The lowest BCUT2D eigenvalue weighted by Gasteiger charge is -2.33. The first-order chi connectivity index (χ1) is 10.6. The maximum absolute atomic E-state index is 4.66. The Morgan fingerprint density at radius 3 is 2.36 bits per heavy atom. The van der Waals surface area contributed by atoms with Crippen LogP contribution < -0.4 is 10.2 Å². The molecule has 0 bridgehead atoms. The van der Waals surface area contributed by atoms with Crippen LogP contribution in [0.15, 0.2) is 30.5 Å². The predicted octanol–water partition coefficient (Wildman–Crippen LogP) is 2.59. The molecule has 0 radical (unpaired) electrons. The van der Waals surface area contributed by atoms with Crippen molar-refractivity contribution in [1.29, 1.82) is 0 Å². The zero-order chi connectivity index (χ0) is 15.5. The van der Waals surface area contributed by atoms with E-state index in [2.05, 4.69) is 64.2 Å². The van der Waals surface area contributed by atoms with Gasteiger partial charge in [0.15, 0.2) is 0 Å². The quantitative estimate of drug-likeness (QED) is 0.943. The van der Waals surface area contributed by atoms with Gasteiger partial charge in [0.1, 0.15) is 5.82 Å². The molecule has 1 aliphatic rings. The predicted molar refractivity (Wildman–Crippen MR) is 90.9 cm³/mol. The summed E-state index contributed by atoms with van der Waals surface area (Å²) in [6.07, 6.45) is 1.83. The number of hydrogen-bond donors (Lipinski definition) is 1. The van der Waals surface area contributed by atoms with Gasteiger partial charge < -0.3 is 15.1 Å². The van der Waals surface area contributed by atoms with Crippen molar-refractivity contribution in [3.63, 3.8) is 0 Å². The van der Waals surface area contributed by atoms with Crippen LogP contribution >= 0.6 is 0 Å². The van der Waals surface area contributed by atoms with Crippen molar-refractivity contribution in [2.24, 2.45) is 0 Å². The lowest BCUT2D eigenvalue weighted by atomic mass is 10.1. The van der Waals surface area contributed by atoms with Gasteiger partial charge in [0.2, 0.25) is 5.95 Å². The minimum absolute atomic E-state index is 0.654. The number of anilines is 3. The number of aromatic nitrogens is 2. The van der Waals surface area contributed by atoms with Crippen LogP contribution in [-0.4, -0.2) is 48.1 Å². The zero-order valence-electron chi connectivity index (χ0n) is 13.5. The summed E-state index contributed by atoms with van der Waals surface area (Å²) in [5, 5.41) is 3.31. The smallest absolute Gasteiger partial charge is 0.229 e. The van der Waals surface area contributed by atoms with Crippen LogP contribution in [0.3, 0.4) is 0 Å². The van der Waals surface area contributed by atoms with Gasteiger partial charge in [-0.15, -0.1) is 0 Å². The molecule has 1 aliphatic heterocycles. The first-order valence-electron chi connectivity index (χ1n) is 7.72. The van der Waals surface area contributed by atoms with Gasteiger partial charge >= 0.3 is 0 Å². The molecule has 22 heavy (non-hydrogen) atoms. The minimum Gasteiger partial charge on any atom is -0.354 e. The normalized spacial score (nSPS) is 15.9. The third kappa shape index (κ3) is 3.54. The van der Waals surface area contributed by atoms with E-state index in [1.165, 1.54) is 11.1 Å². The second-order valence-corrected chi connectivity index (χ2v) is 6.03. The topological polar surface area (TPSA) is 44.3 Å². The summed E-state index contributed by atoms with van der Waals surface area (Å²) in [5.41, 5.74) is 3.50. The molecule has 1 aromatic carbocycles. The van der Waals surface area contributed by atoms with E-state index >= 15 is 0 Å². The third-order valence-corrected chi connectivity index (χ3v) is 3.95. The lowest BCUT2D eigenvalue weighted by molar-refractivity contribution is 0.312. The van der Waals surface area contributed by atoms with Crippen molar-refractivity contribution in [2.75, 3.05) is 43.4 Å². The number of benzene rings is 1. The van der Waals surface area contributed by atoms with Gasteiger partial charge in [0, 0.05) is 38.1 Å². The summed E-state index contributed by atoms with van der Waals surface area (Å²) >= 11 is 0. The largest absolute Gasteiger partial charge is 0.354 e. The number of nitrogens with zero attached hydrogens (tertiary/aromatic N) is 4. The molecule has 1 saturated heterocycles. The Balaban J connectivity index is 1.76. The Labute approximate surface area is 132 Å². The fraction of sp³-hybridized carbons (Fsp3) is 0.412. The molecule has 0 aliphatic carbocycles. The third-order valence-electron chi connectivity index (χ3n) is 3.95. The molecule has 0 atom stereocenters. The van der Waals surface area contributed by atoms with Gasteiger partial charge in [-0.3, -0.25) is 0 Å². The van der Waals surface area contributed by atoms with Crippen LogP contribution in [0, 0.1) is 13.8 Å². The summed E-state index contributed by atoms with van der Waals surface area (Å²) < 4.78 is 0. The molecule has 1 fully saturated rings. The van der Waals surface area contributed by atoms with Crippen LogP contribution in [0.1, 0.15) is 11.1 Å². The Morgan fingerprint density at radius 2 is 1.68 bits per heavy atom. The molecule has 0 amide bonds. The van der Waals surface area contributed by atoms with Crippen LogP contribution in [0.2, 0.25) is 0 Å². The van der Waals surface area contributed by atoms with Gasteiger partial charge in [0.25, 0.3) is 0 Å². The minimum atomic E-state index is 0.654. The molecule has 5 heteroatoms. The monoisotopic (exact) mass is 297 g/mol. The maximum atomic E-state index is 4.66. The molecule has 0 unspecified atom stereocenters. The molecule has 0 spiro atoms. The van der Waals surface area contributed by atoms with Gasteiger partial charge in [-0.05, 0) is 50.2 Å². The Kier molecular flexibility index (Phi) is 4.24. The molecule has 2 heterocycles. The highest BCUT2D eigenvalue weighted by atomic mass is 15.3. The zero-order valence-corrected chi connectivity index (χ0v) is 13.5. The summed E-state index contributed by atoms with van der Waals surface area (Å²) in [6.45, 7) is 8.36. The van der Waals surface area contributed by atoms with Crippen LogP contribution in [-0.2, 0) is 0 Å². The highest BCUT2D eigenvalue weighted by Gasteiger charge is 2.15. The number of nitrogens with one attached hydrogen (secondary N) is 1. The number of aryl methyl sites for hydroxylation is 2. The van der Waals surface area contributed by atoms with E-state index in [0.717, 1.165) is 37.7 Å². The van der Waals surface area contributed by atoms with E-state index < -0.39 is 0 Å². The maximum Gasteiger partial charge on any atom is 0.229 e. The van der Waals surface area contributed by atoms with E-state index in [1.807, 2.05) is 12.3 Å². The molecule has 1 N–H and O–H groups in total. The molecule has 5 nitrogen and oxygen atoms in total. The van der Waals surface area contributed by atoms with E-state index in [1.54, 1.807) is 0 Å². The number of piperazine rings is 1. The van der Waals surface area contributed by atoms with Crippen molar-refractivity contribution in [3.05, 3.63) is 41.6 Å². The number of likely N-dealkylation sites (N-methyl/N-ethyl adjacent to an activating group) is 1. The van der Waals surface area contributed by atoms with Crippen LogP contribution in [0.4, 0.5) is 17.5 Å². The molecule has 3 rings (SSSR count). The standard InChI is InChI=1S/C17H23N5/c1-13-10-14(2)12-15(11-13)19-17-18-5-4-16(20-17)22-8-6-21(3)7-9-22/h4-5,10-12H,6-9H2,1-3H3,(H,18,19,20). The Hall–Kier alpha value is -2.14.